The van der Waals surface area contributed by atoms with Gasteiger partial charge in [-0.25, -0.2) is 9.37 Å². The van der Waals surface area contributed by atoms with Crippen molar-refractivity contribution in [3.8, 4) is 5.69 Å². The average molecular weight is 437 g/mol. The van der Waals surface area contributed by atoms with E-state index in [-0.39, 0.29) is 17.6 Å². The van der Waals surface area contributed by atoms with Crippen LogP contribution in [0.1, 0.15) is 45.4 Å². The molecule has 0 bridgehead atoms. The van der Waals surface area contributed by atoms with Crippen molar-refractivity contribution in [1.82, 2.24) is 19.4 Å². The topological polar surface area (TPSA) is 41.4 Å². The molecule has 1 amide bonds. The molecule has 5 nitrogen and oxygen atoms in total. The molecule has 2 aromatic carbocycles. The van der Waals surface area contributed by atoms with Crippen LogP contribution in [-0.4, -0.2) is 51.4 Å². The second-order valence-electron chi connectivity index (χ2n) is 8.67. The Bertz CT molecular complexity index is 1050. The van der Waals surface area contributed by atoms with Gasteiger partial charge >= 0.3 is 0 Å². The summed E-state index contributed by atoms with van der Waals surface area (Å²) in [6.45, 7) is 8.23. The van der Waals surface area contributed by atoms with Crippen LogP contribution in [0.3, 0.4) is 0 Å². The van der Waals surface area contributed by atoms with E-state index < -0.39 is 0 Å². The number of imidazole rings is 1. The van der Waals surface area contributed by atoms with Crippen molar-refractivity contribution in [2.75, 3.05) is 26.2 Å². The summed E-state index contributed by atoms with van der Waals surface area (Å²) in [6.07, 6.45) is 4.11. The van der Waals surface area contributed by atoms with E-state index in [4.69, 9.17) is 4.98 Å². The monoisotopic (exact) mass is 436 g/mol. The van der Waals surface area contributed by atoms with E-state index in [0.29, 0.717) is 6.54 Å². The summed E-state index contributed by atoms with van der Waals surface area (Å²) >= 11 is 0. The number of benzene rings is 2. The van der Waals surface area contributed by atoms with Crippen molar-refractivity contribution in [3.63, 3.8) is 0 Å². The highest BCUT2D eigenvalue weighted by Gasteiger charge is 2.29. The zero-order chi connectivity index (χ0) is 22.5. The Labute approximate surface area is 189 Å². The van der Waals surface area contributed by atoms with Gasteiger partial charge in [-0.1, -0.05) is 25.5 Å². The largest absolute Gasteiger partial charge is 0.343 e. The predicted octanol–water partition coefficient (Wildman–Crippen LogP) is 5.03. The maximum absolute atomic E-state index is 13.5. The molecule has 1 aromatic heterocycles. The summed E-state index contributed by atoms with van der Waals surface area (Å²) in [5.74, 6) is 1.01. The van der Waals surface area contributed by atoms with Crippen LogP contribution in [0.15, 0.2) is 48.5 Å². The minimum Gasteiger partial charge on any atom is -0.343 e. The molecule has 6 heteroatoms. The number of unbranched alkanes of at least 4 members (excludes halogenated alkanes) is 1. The van der Waals surface area contributed by atoms with Crippen LogP contribution in [0.25, 0.3) is 16.7 Å². The van der Waals surface area contributed by atoms with Gasteiger partial charge in [-0.15, -0.1) is 0 Å². The van der Waals surface area contributed by atoms with Crippen LogP contribution in [0.2, 0.25) is 0 Å². The Morgan fingerprint density at radius 2 is 1.94 bits per heavy atom. The fourth-order valence-corrected chi connectivity index (χ4v) is 4.69. The molecule has 0 spiro atoms. The van der Waals surface area contributed by atoms with Crippen molar-refractivity contribution >= 4 is 16.9 Å². The molecule has 32 heavy (non-hydrogen) atoms. The third kappa shape index (κ3) is 4.85. The highest BCUT2D eigenvalue weighted by molar-refractivity contribution is 5.79. The summed E-state index contributed by atoms with van der Waals surface area (Å²) < 4.78 is 15.6. The number of likely N-dealkylation sites (tertiary alicyclic amines) is 1. The van der Waals surface area contributed by atoms with Gasteiger partial charge in [0.05, 0.1) is 23.5 Å². The second kappa shape index (κ2) is 10.3. The summed E-state index contributed by atoms with van der Waals surface area (Å²) in [5.41, 5.74) is 2.83. The molecular formula is C26H33FN4O. The lowest BCUT2D eigenvalue weighted by atomic mass is 9.96. The molecular weight excluding hydrogens is 403 g/mol. The predicted molar refractivity (Wildman–Crippen MR) is 126 cm³/mol. The normalized spacial score (nSPS) is 17.0. The average Bonchev–Trinajstić information content (AvgIpc) is 3.18. The first-order valence-corrected chi connectivity index (χ1v) is 11.8. The number of carbonyl (C=O) groups excluding carboxylic acids is 1. The summed E-state index contributed by atoms with van der Waals surface area (Å²) in [5, 5.41) is 0. The van der Waals surface area contributed by atoms with Gasteiger partial charge in [0.15, 0.2) is 0 Å². The Morgan fingerprint density at radius 1 is 1.16 bits per heavy atom. The molecule has 0 N–H and O–H groups in total. The van der Waals surface area contributed by atoms with Gasteiger partial charge in [0, 0.05) is 25.3 Å². The van der Waals surface area contributed by atoms with E-state index in [1.165, 1.54) is 12.1 Å². The van der Waals surface area contributed by atoms with Gasteiger partial charge in [-0.3, -0.25) is 14.3 Å². The number of rotatable bonds is 8. The van der Waals surface area contributed by atoms with Gasteiger partial charge in [-0.05, 0) is 69.1 Å². The molecule has 0 aliphatic carbocycles. The number of halogens is 1. The lowest BCUT2D eigenvalue weighted by Crippen LogP contribution is -2.45. The van der Waals surface area contributed by atoms with Crippen molar-refractivity contribution in [2.45, 2.75) is 46.1 Å². The molecule has 1 atom stereocenters. The van der Waals surface area contributed by atoms with Crippen LogP contribution in [0, 0.1) is 11.7 Å². The first-order chi connectivity index (χ1) is 15.6. The first-order valence-electron chi connectivity index (χ1n) is 11.8. The van der Waals surface area contributed by atoms with Crippen molar-refractivity contribution in [1.29, 1.82) is 0 Å². The molecule has 0 radical (unpaired) electrons. The molecule has 2 heterocycles. The standard InChI is InChI=1S/C26H33FN4O/c1-3-5-17-30(4-2)26(32)20-9-8-16-29(18-20)19-25-28-23-10-6-7-11-24(23)31(25)22-14-12-21(27)13-15-22/h6-7,10-15,20H,3-5,8-9,16-19H2,1-2H3/t20-/m1/s1. The van der Waals surface area contributed by atoms with Crippen LogP contribution >= 0.6 is 0 Å². The van der Waals surface area contributed by atoms with E-state index >= 15 is 0 Å². The minimum atomic E-state index is -0.249. The number of hydrogen-bond donors (Lipinski definition) is 0. The molecule has 3 aromatic rings. The molecule has 1 aliphatic rings. The van der Waals surface area contributed by atoms with Crippen molar-refractivity contribution in [3.05, 3.63) is 60.2 Å². The number of amides is 1. The lowest BCUT2D eigenvalue weighted by Gasteiger charge is -2.34. The van der Waals surface area contributed by atoms with E-state index in [1.807, 2.05) is 29.2 Å². The van der Waals surface area contributed by atoms with Crippen LogP contribution in [0.4, 0.5) is 4.39 Å². The third-order valence-corrected chi connectivity index (χ3v) is 6.41. The molecule has 0 unspecified atom stereocenters. The SMILES string of the molecule is CCCCN(CC)C(=O)[C@@H]1CCCN(Cc2nc3ccccc3n2-c2ccc(F)cc2)C1. The van der Waals surface area contributed by atoms with Gasteiger partial charge < -0.3 is 4.90 Å². The van der Waals surface area contributed by atoms with E-state index in [1.54, 1.807) is 12.1 Å². The van der Waals surface area contributed by atoms with Gasteiger partial charge in [0.25, 0.3) is 0 Å². The number of piperidine rings is 1. The quantitative estimate of drug-likeness (QED) is 0.498. The third-order valence-electron chi connectivity index (χ3n) is 6.41. The lowest BCUT2D eigenvalue weighted by molar-refractivity contribution is -0.137. The van der Waals surface area contributed by atoms with Crippen molar-refractivity contribution < 1.29 is 9.18 Å². The number of aromatic nitrogens is 2. The summed E-state index contributed by atoms with van der Waals surface area (Å²) in [4.78, 5) is 22.4. The maximum atomic E-state index is 13.5. The first kappa shape index (κ1) is 22.5. The van der Waals surface area contributed by atoms with Gasteiger partial charge in [0.1, 0.15) is 11.6 Å². The number of nitrogens with zero attached hydrogens (tertiary/aromatic N) is 4. The number of para-hydroxylation sites is 2. The van der Waals surface area contributed by atoms with Crippen LogP contribution < -0.4 is 0 Å². The number of fused-ring (bicyclic) bond motifs is 1. The number of carbonyl (C=O) groups is 1. The molecule has 170 valence electrons. The maximum Gasteiger partial charge on any atom is 0.226 e. The molecule has 1 fully saturated rings. The smallest absolute Gasteiger partial charge is 0.226 e. The number of hydrogen-bond acceptors (Lipinski definition) is 3. The summed E-state index contributed by atoms with van der Waals surface area (Å²) in [7, 11) is 0. The van der Waals surface area contributed by atoms with E-state index in [0.717, 1.165) is 74.4 Å². The molecule has 1 saturated heterocycles. The highest BCUT2D eigenvalue weighted by Crippen LogP contribution is 2.25. The highest BCUT2D eigenvalue weighted by atomic mass is 19.1. The van der Waals surface area contributed by atoms with Crippen molar-refractivity contribution in [2.24, 2.45) is 5.92 Å². The van der Waals surface area contributed by atoms with Crippen LogP contribution in [0.5, 0.6) is 0 Å². The van der Waals surface area contributed by atoms with Gasteiger partial charge in [-0.2, -0.15) is 0 Å². The second-order valence-corrected chi connectivity index (χ2v) is 8.67. The van der Waals surface area contributed by atoms with Gasteiger partial charge in [0.2, 0.25) is 5.91 Å². The Balaban J connectivity index is 1.56. The zero-order valence-electron chi connectivity index (χ0n) is 19.1. The summed E-state index contributed by atoms with van der Waals surface area (Å²) in [6, 6.07) is 14.6. The molecule has 4 rings (SSSR count). The Kier molecular flexibility index (Phi) is 7.20. The van der Waals surface area contributed by atoms with E-state index in [2.05, 4.69) is 23.3 Å². The fraction of sp³-hybridized carbons (Fsp3) is 0.462. The minimum absolute atomic E-state index is 0.0456. The molecule has 0 saturated carbocycles. The molecule has 1 aliphatic heterocycles. The zero-order valence-corrected chi connectivity index (χ0v) is 19.1. The van der Waals surface area contributed by atoms with E-state index in [9.17, 15) is 9.18 Å². The fourth-order valence-electron chi connectivity index (χ4n) is 4.69. The Hall–Kier alpha value is -2.73. The Morgan fingerprint density at radius 3 is 2.69 bits per heavy atom. The van der Waals surface area contributed by atoms with Crippen LogP contribution in [-0.2, 0) is 11.3 Å².